The highest BCUT2D eigenvalue weighted by Crippen LogP contribution is 2.31. The Labute approximate surface area is 191 Å². The van der Waals surface area contributed by atoms with Crippen molar-refractivity contribution in [3.05, 3.63) is 102 Å². The average molecular weight is 472 g/mol. The Morgan fingerprint density at radius 2 is 1.91 bits per heavy atom. The molecule has 0 unspecified atom stereocenters. The lowest BCUT2D eigenvalue weighted by Gasteiger charge is -2.14. The third-order valence-electron chi connectivity index (χ3n) is 4.88. The van der Waals surface area contributed by atoms with Crippen LogP contribution in [0.3, 0.4) is 0 Å². The maximum atomic E-state index is 14.3. The van der Waals surface area contributed by atoms with Crippen LogP contribution in [0, 0.1) is 19.7 Å². The maximum Gasteiger partial charge on any atom is 0.325 e. The number of nitrogens with zero attached hydrogens (tertiary/aromatic N) is 3. The number of hydrogen-bond acceptors (Lipinski definition) is 5. The molecule has 0 aliphatic rings. The van der Waals surface area contributed by atoms with Gasteiger partial charge in [0.15, 0.2) is 5.16 Å². The van der Waals surface area contributed by atoms with Crippen LogP contribution in [0.15, 0.2) is 57.2 Å². The average Bonchev–Trinajstić information content (AvgIpc) is 3.11. The van der Waals surface area contributed by atoms with Crippen LogP contribution in [0.5, 0.6) is 0 Å². The number of halogens is 2. The molecular weight excluding hydrogens is 453 g/mol. The Morgan fingerprint density at radius 3 is 2.66 bits per heavy atom. The zero-order valence-electron chi connectivity index (χ0n) is 17.3. The van der Waals surface area contributed by atoms with E-state index in [4.69, 9.17) is 11.6 Å². The number of benzene rings is 2. The lowest BCUT2D eigenvalue weighted by Crippen LogP contribution is -2.23. The molecule has 2 aromatic heterocycles. The van der Waals surface area contributed by atoms with E-state index in [-0.39, 0.29) is 18.0 Å². The molecule has 0 atom stereocenters. The molecule has 7 nitrogen and oxygen atoms in total. The highest BCUT2D eigenvalue weighted by atomic mass is 35.5. The Balaban J connectivity index is 1.77. The molecule has 164 valence electrons. The Hall–Kier alpha value is -3.17. The molecule has 32 heavy (non-hydrogen) atoms. The molecule has 0 spiro atoms. The van der Waals surface area contributed by atoms with E-state index in [1.54, 1.807) is 12.1 Å². The fourth-order valence-electron chi connectivity index (χ4n) is 3.30. The van der Waals surface area contributed by atoms with Crippen molar-refractivity contribution in [3.8, 4) is 5.69 Å². The smallest absolute Gasteiger partial charge is 0.311 e. The van der Waals surface area contributed by atoms with Gasteiger partial charge in [-0.15, -0.1) is 10.2 Å². The molecule has 0 aliphatic carbocycles. The minimum Gasteiger partial charge on any atom is -0.311 e. The van der Waals surface area contributed by atoms with Crippen molar-refractivity contribution in [3.63, 3.8) is 0 Å². The summed E-state index contributed by atoms with van der Waals surface area (Å²) in [6.45, 7) is 3.95. The molecule has 2 aromatic carbocycles. The van der Waals surface area contributed by atoms with Crippen LogP contribution in [-0.2, 0) is 12.2 Å². The van der Waals surface area contributed by atoms with Gasteiger partial charge >= 0.3 is 5.69 Å². The van der Waals surface area contributed by atoms with Gasteiger partial charge in [0.1, 0.15) is 11.6 Å². The summed E-state index contributed by atoms with van der Waals surface area (Å²) in [6, 6.07) is 11.9. The van der Waals surface area contributed by atoms with Gasteiger partial charge in [0.25, 0.3) is 5.56 Å². The number of aromatic amines is 2. The molecule has 4 rings (SSSR count). The summed E-state index contributed by atoms with van der Waals surface area (Å²) in [4.78, 5) is 28.2. The lowest BCUT2D eigenvalue weighted by atomic mass is 10.1. The highest BCUT2D eigenvalue weighted by molar-refractivity contribution is 7.98. The first-order valence-corrected chi connectivity index (χ1v) is 11.1. The van der Waals surface area contributed by atoms with E-state index >= 15 is 0 Å². The number of rotatable bonds is 6. The summed E-state index contributed by atoms with van der Waals surface area (Å²) in [5.74, 6) is 0.405. The van der Waals surface area contributed by atoms with Gasteiger partial charge in [-0.3, -0.25) is 14.3 Å². The molecule has 0 fully saturated rings. The molecule has 0 radical (unpaired) electrons. The molecule has 0 amide bonds. The zero-order valence-corrected chi connectivity index (χ0v) is 18.9. The number of thioether (sulfide) groups is 1. The van der Waals surface area contributed by atoms with E-state index in [1.165, 1.54) is 23.9 Å². The monoisotopic (exact) mass is 471 g/mol. The lowest BCUT2D eigenvalue weighted by molar-refractivity contribution is 0.617. The van der Waals surface area contributed by atoms with Crippen molar-refractivity contribution < 1.29 is 4.39 Å². The summed E-state index contributed by atoms with van der Waals surface area (Å²) in [6.07, 6.45) is 0.181. The molecule has 4 aromatic rings. The van der Waals surface area contributed by atoms with Crippen LogP contribution in [0.1, 0.15) is 28.2 Å². The molecule has 0 saturated carbocycles. The van der Waals surface area contributed by atoms with Gasteiger partial charge in [0.2, 0.25) is 0 Å². The first-order valence-electron chi connectivity index (χ1n) is 9.72. The Kier molecular flexibility index (Phi) is 6.29. The minimum absolute atomic E-state index is 0.181. The third-order valence-corrected chi connectivity index (χ3v) is 6.19. The van der Waals surface area contributed by atoms with Gasteiger partial charge in [-0.05, 0) is 43.2 Å². The maximum absolute atomic E-state index is 14.3. The SMILES string of the molecule is Cc1ccc(C)c(-n2c(Cc3cc(=O)[nH]c(=O)[nH]3)nnc2SCc2c(F)cccc2Cl)c1. The van der Waals surface area contributed by atoms with Crippen molar-refractivity contribution in [2.24, 2.45) is 0 Å². The summed E-state index contributed by atoms with van der Waals surface area (Å²) in [7, 11) is 0. The second kappa shape index (κ2) is 9.13. The van der Waals surface area contributed by atoms with Gasteiger partial charge in [0.05, 0.1) is 5.69 Å². The predicted octanol–water partition coefficient (Wildman–Crippen LogP) is 3.94. The largest absolute Gasteiger partial charge is 0.325 e. The molecule has 0 aliphatic heterocycles. The fraction of sp³-hybridized carbons (Fsp3) is 0.182. The number of hydrogen-bond donors (Lipinski definition) is 2. The van der Waals surface area contributed by atoms with Crippen molar-refractivity contribution in [1.29, 1.82) is 0 Å². The van der Waals surface area contributed by atoms with Gasteiger partial charge in [0, 0.05) is 34.5 Å². The van der Waals surface area contributed by atoms with E-state index in [0.29, 0.717) is 27.3 Å². The van der Waals surface area contributed by atoms with Crippen molar-refractivity contribution in [2.45, 2.75) is 31.2 Å². The molecule has 10 heteroatoms. The Bertz CT molecular complexity index is 1360. The summed E-state index contributed by atoms with van der Waals surface area (Å²) in [5.41, 5.74) is 2.60. The minimum atomic E-state index is -0.589. The van der Waals surface area contributed by atoms with Gasteiger partial charge < -0.3 is 4.98 Å². The third kappa shape index (κ3) is 4.68. The quantitative estimate of drug-likeness (QED) is 0.415. The summed E-state index contributed by atoms with van der Waals surface area (Å²) >= 11 is 7.48. The molecule has 0 saturated heterocycles. The van der Waals surface area contributed by atoms with Crippen LogP contribution >= 0.6 is 23.4 Å². The van der Waals surface area contributed by atoms with Crippen LogP contribution in [0.4, 0.5) is 4.39 Å². The number of aryl methyl sites for hydroxylation is 2. The second-order valence-corrected chi connectivity index (χ2v) is 8.65. The number of nitrogens with one attached hydrogen (secondary N) is 2. The van der Waals surface area contributed by atoms with Crippen molar-refractivity contribution in [2.75, 3.05) is 0 Å². The summed E-state index contributed by atoms with van der Waals surface area (Å²) < 4.78 is 16.1. The fourth-order valence-corrected chi connectivity index (χ4v) is 4.61. The van der Waals surface area contributed by atoms with E-state index < -0.39 is 11.2 Å². The normalized spacial score (nSPS) is 11.1. The first-order chi connectivity index (χ1) is 15.3. The van der Waals surface area contributed by atoms with Gasteiger partial charge in [-0.1, -0.05) is 41.6 Å². The second-order valence-electron chi connectivity index (χ2n) is 7.30. The van der Waals surface area contributed by atoms with E-state index in [1.807, 2.05) is 36.6 Å². The molecule has 2 heterocycles. The highest BCUT2D eigenvalue weighted by Gasteiger charge is 2.19. The first kappa shape index (κ1) is 22.0. The van der Waals surface area contributed by atoms with Crippen LogP contribution in [0.25, 0.3) is 5.69 Å². The predicted molar refractivity (Wildman–Crippen MR) is 122 cm³/mol. The topological polar surface area (TPSA) is 96.4 Å². The van der Waals surface area contributed by atoms with Crippen molar-refractivity contribution >= 4 is 23.4 Å². The molecular formula is C22H19ClFN5O2S. The van der Waals surface area contributed by atoms with Crippen LogP contribution in [0.2, 0.25) is 5.02 Å². The summed E-state index contributed by atoms with van der Waals surface area (Å²) in [5, 5.41) is 9.50. The number of aromatic nitrogens is 5. The molecule has 2 N–H and O–H groups in total. The standard InChI is InChI=1S/C22H19ClFN5O2S/c1-12-6-7-13(2)18(8-12)29-19(9-14-10-20(30)26-21(31)25-14)27-28-22(29)32-11-15-16(23)4-3-5-17(15)24/h3-8,10H,9,11H2,1-2H3,(H2,25,26,30,31). The van der Waals surface area contributed by atoms with Gasteiger partial charge in [-0.2, -0.15) is 0 Å². The number of H-pyrrole nitrogens is 2. The van der Waals surface area contributed by atoms with Crippen molar-refractivity contribution in [1.82, 2.24) is 24.7 Å². The van der Waals surface area contributed by atoms with Crippen LogP contribution < -0.4 is 11.2 Å². The zero-order chi connectivity index (χ0) is 22.8. The van der Waals surface area contributed by atoms with Gasteiger partial charge in [-0.25, -0.2) is 9.18 Å². The van der Waals surface area contributed by atoms with E-state index in [0.717, 1.165) is 16.8 Å². The molecule has 0 bridgehead atoms. The van der Waals surface area contributed by atoms with E-state index in [9.17, 15) is 14.0 Å². The van der Waals surface area contributed by atoms with Crippen LogP contribution in [-0.4, -0.2) is 24.7 Å². The Morgan fingerprint density at radius 1 is 1.09 bits per heavy atom. The van der Waals surface area contributed by atoms with E-state index in [2.05, 4.69) is 20.2 Å².